The van der Waals surface area contributed by atoms with Gasteiger partial charge in [0.25, 0.3) is 0 Å². The fraction of sp³-hybridized carbons (Fsp3) is 0.308. The molecular weight excluding hydrogens is 186 g/mol. The number of H-pyrrole nitrogens is 1. The van der Waals surface area contributed by atoms with Crippen molar-refractivity contribution in [1.29, 1.82) is 0 Å². The van der Waals surface area contributed by atoms with Gasteiger partial charge >= 0.3 is 0 Å². The fourth-order valence-electron chi connectivity index (χ4n) is 2.38. The first kappa shape index (κ1) is 8.72. The summed E-state index contributed by atoms with van der Waals surface area (Å²) >= 11 is 0. The van der Waals surface area contributed by atoms with E-state index in [0.29, 0.717) is 12.2 Å². The van der Waals surface area contributed by atoms with E-state index in [9.17, 15) is 4.79 Å². The largest absolute Gasteiger partial charge is 0.358 e. The normalized spacial score (nSPS) is 14.9. The Labute approximate surface area is 88.3 Å². The summed E-state index contributed by atoms with van der Waals surface area (Å²) < 4.78 is 0. The Morgan fingerprint density at radius 3 is 3.00 bits per heavy atom. The molecule has 76 valence electrons. The molecule has 1 aromatic heterocycles. The van der Waals surface area contributed by atoms with Gasteiger partial charge in [0.1, 0.15) is 0 Å². The Morgan fingerprint density at radius 2 is 2.20 bits per heavy atom. The second-order valence-corrected chi connectivity index (χ2v) is 4.14. The molecule has 2 heteroatoms. The van der Waals surface area contributed by atoms with Crippen LogP contribution in [0.2, 0.25) is 0 Å². The molecule has 0 spiro atoms. The van der Waals surface area contributed by atoms with Crippen LogP contribution < -0.4 is 0 Å². The summed E-state index contributed by atoms with van der Waals surface area (Å²) in [5.41, 5.74) is 4.47. The Bertz CT molecular complexity index is 551. The number of carbonyl (C=O) groups is 1. The van der Waals surface area contributed by atoms with Crippen LogP contribution in [0.1, 0.15) is 35.0 Å². The van der Waals surface area contributed by atoms with Gasteiger partial charge in [-0.05, 0) is 30.5 Å². The highest BCUT2D eigenvalue weighted by Crippen LogP contribution is 2.30. The van der Waals surface area contributed by atoms with Crippen molar-refractivity contribution in [3.63, 3.8) is 0 Å². The molecular formula is C13H13NO. The maximum absolute atomic E-state index is 11.7. The minimum absolute atomic E-state index is 0.296. The van der Waals surface area contributed by atoms with E-state index < -0.39 is 0 Å². The highest BCUT2D eigenvalue weighted by atomic mass is 16.1. The zero-order valence-electron chi connectivity index (χ0n) is 8.76. The van der Waals surface area contributed by atoms with Crippen molar-refractivity contribution in [2.75, 3.05) is 0 Å². The van der Waals surface area contributed by atoms with Crippen LogP contribution in [0, 0.1) is 0 Å². The van der Waals surface area contributed by atoms with Crippen molar-refractivity contribution in [2.24, 2.45) is 0 Å². The number of fused-ring (bicyclic) bond motifs is 3. The fourth-order valence-corrected chi connectivity index (χ4v) is 2.38. The lowest BCUT2D eigenvalue weighted by molar-refractivity contribution is 0.0996. The van der Waals surface area contributed by atoms with Crippen LogP contribution >= 0.6 is 0 Å². The van der Waals surface area contributed by atoms with Gasteiger partial charge in [0.2, 0.25) is 0 Å². The van der Waals surface area contributed by atoms with Gasteiger partial charge < -0.3 is 4.98 Å². The average molecular weight is 199 g/mol. The maximum Gasteiger partial charge on any atom is 0.165 e. The Morgan fingerprint density at radius 1 is 1.33 bits per heavy atom. The molecule has 0 bridgehead atoms. The van der Waals surface area contributed by atoms with Crippen molar-refractivity contribution >= 4 is 16.7 Å². The lowest BCUT2D eigenvalue weighted by atomic mass is 10.1. The molecule has 0 unspecified atom stereocenters. The van der Waals surface area contributed by atoms with E-state index in [4.69, 9.17) is 0 Å². The van der Waals surface area contributed by atoms with Gasteiger partial charge in [-0.25, -0.2) is 0 Å². The number of aryl methyl sites for hydroxylation is 2. The molecule has 2 nitrogen and oxygen atoms in total. The van der Waals surface area contributed by atoms with E-state index >= 15 is 0 Å². The molecule has 1 N–H and O–H groups in total. The number of aromatic amines is 1. The first-order chi connectivity index (χ1) is 7.29. The smallest absolute Gasteiger partial charge is 0.165 e. The number of Topliss-reactive ketones (excluding diaryl/α,β-unsaturated/α-hetero) is 1. The van der Waals surface area contributed by atoms with E-state index in [1.165, 1.54) is 5.56 Å². The van der Waals surface area contributed by atoms with Crippen LogP contribution in [-0.2, 0) is 12.8 Å². The van der Waals surface area contributed by atoms with Gasteiger partial charge in [-0.1, -0.05) is 13.0 Å². The second kappa shape index (κ2) is 2.96. The summed E-state index contributed by atoms with van der Waals surface area (Å²) in [6.45, 7) is 2.13. The maximum atomic E-state index is 11.7. The standard InChI is InChI=1S/C13H13NO/c1-2-8-3-4-10-9(7-8)13-11(14-10)5-6-12(13)15/h3-4,7,14H,2,5-6H2,1H3. The monoisotopic (exact) mass is 199 g/mol. The van der Waals surface area contributed by atoms with Gasteiger partial charge in [0, 0.05) is 28.6 Å². The zero-order chi connectivity index (χ0) is 10.4. The van der Waals surface area contributed by atoms with Gasteiger partial charge in [-0.15, -0.1) is 0 Å². The number of aromatic nitrogens is 1. The predicted molar refractivity (Wildman–Crippen MR) is 60.3 cm³/mol. The van der Waals surface area contributed by atoms with Crippen LogP contribution in [0.25, 0.3) is 10.9 Å². The summed E-state index contributed by atoms with van der Waals surface area (Å²) in [4.78, 5) is 15.1. The number of rotatable bonds is 1. The lowest BCUT2D eigenvalue weighted by Crippen LogP contribution is -1.90. The molecule has 0 atom stereocenters. The van der Waals surface area contributed by atoms with E-state index in [-0.39, 0.29) is 0 Å². The van der Waals surface area contributed by atoms with Gasteiger partial charge in [-0.3, -0.25) is 4.79 Å². The molecule has 1 heterocycles. The number of hydrogen-bond acceptors (Lipinski definition) is 1. The summed E-state index contributed by atoms with van der Waals surface area (Å²) in [5.74, 6) is 0.296. The SMILES string of the molecule is CCc1ccc2[nH]c3c(c2c1)C(=O)CC3. The molecule has 15 heavy (non-hydrogen) atoms. The Hall–Kier alpha value is -1.57. The Balaban J connectivity index is 2.34. The molecule has 0 fully saturated rings. The second-order valence-electron chi connectivity index (χ2n) is 4.14. The van der Waals surface area contributed by atoms with Crippen molar-refractivity contribution in [1.82, 2.24) is 4.98 Å². The molecule has 0 aliphatic heterocycles. The van der Waals surface area contributed by atoms with Crippen LogP contribution in [0.3, 0.4) is 0 Å². The average Bonchev–Trinajstić information content (AvgIpc) is 2.78. The number of carbonyl (C=O) groups excluding carboxylic acids is 1. The first-order valence-corrected chi connectivity index (χ1v) is 5.46. The quantitative estimate of drug-likeness (QED) is 0.752. The van der Waals surface area contributed by atoms with E-state index in [2.05, 4.69) is 30.1 Å². The van der Waals surface area contributed by atoms with E-state index in [1.807, 2.05) is 0 Å². The Kier molecular flexibility index (Phi) is 1.72. The number of benzene rings is 1. The summed E-state index contributed by atoms with van der Waals surface area (Å²) in [7, 11) is 0. The molecule has 3 rings (SSSR count). The molecule has 2 aromatic rings. The van der Waals surface area contributed by atoms with Crippen LogP contribution in [0.4, 0.5) is 0 Å². The number of hydrogen-bond donors (Lipinski definition) is 1. The van der Waals surface area contributed by atoms with Crippen molar-refractivity contribution in [2.45, 2.75) is 26.2 Å². The first-order valence-electron chi connectivity index (χ1n) is 5.46. The molecule has 1 aromatic carbocycles. The van der Waals surface area contributed by atoms with Crippen LogP contribution in [-0.4, -0.2) is 10.8 Å². The van der Waals surface area contributed by atoms with Crippen LogP contribution in [0.5, 0.6) is 0 Å². The van der Waals surface area contributed by atoms with Crippen molar-refractivity contribution in [3.05, 3.63) is 35.0 Å². The van der Waals surface area contributed by atoms with Gasteiger partial charge in [0.15, 0.2) is 5.78 Å². The minimum atomic E-state index is 0.296. The highest BCUT2D eigenvalue weighted by molar-refractivity contribution is 6.11. The molecule has 0 saturated heterocycles. The third-order valence-electron chi connectivity index (χ3n) is 3.23. The molecule has 1 aliphatic rings. The summed E-state index contributed by atoms with van der Waals surface area (Å²) in [6.07, 6.45) is 2.57. The van der Waals surface area contributed by atoms with Gasteiger partial charge in [0.05, 0.1) is 0 Å². The topological polar surface area (TPSA) is 32.9 Å². The van der Waals surface area contributed by atoms with Gasteiger partial charge in [-0.2, -0.15) is 0 Å². The number of ketones is 1. The van der Waals surface area contributed by atoms with E-state index in [1.54, 1.807) is 0 Å². The summed E-state index contributed by atoms with van der Waals surface area (Å²) in [6, 6.07) is 6.35. The highest BCUT2D eigenvalue weighted by Gasteiger charge is 2.24. The molecule has 0 saturated carbocycles. The summed E-state index contributed by atoms with van der Waals surface area (Å²) in [5, 5.41) is 1.12. The third kappa shape index (κ3) is 1.14. The third-order valence-corrected chi connectivity index (χ3v) is 3.23. The predicted octanol–water partition coefficient (Wildman–Crippen LogP) is 2.86. The molecule has 1 aliphatic carbocycles. The molecule has 0 radical (unpaired) electrons. The zero-order valence-corrected chi connectivity index (χ0v) is 8.76. The molecule has 0 amide bonds. The van der Waals surface area contributed by atoms with Crippen LogP contribution in [0.15, 0.2) is 18.2 Å². The van der Waals surface area contributed by atoms with Crippen molar-refractivity contribution < 1.29 is 4.79 Å². The number of nitrogens with one attached hydrogen (secondary N) is 1. The van der Waals surface area contributed by atoms with E-state index in [0.717, 1.165) is 35.0 Å². The minimum Gasteiger partial charge on any atom is -0.358 e. The lowest BCUT2D eigenvalue weighted by Gasteiger charge is -1.97. The van der Waals surface area contributed by atoms with Crippen molar-refractivity contribution in [3.8, 4) is 0 Å².